The maximum absolute atomic E-state index is 12.2. The number of hydrogen-bond donors (Lipinski definition) is 1. The Balaban J connectivity index is 1.94. The molecule has 0 saturated carbocycles. The van der Waals surface area contributed by atoms with E-state index >= 15 is 0 Å². The number of aromatic nitrogens is 1. The molecule has 1 aliphatic rings. The normalized spacial score (nSPS) is 16.1. The third-order valence-corrected chi connectivity index (χ3v) is 3.70. The van der Waals surface area contributed by atoms with Crippen LogP contribution in [0.25, 0.3) is 11.8 Å². The first-order valence-electron chi connectivity index (χ1n) is 7.30. The van der Waals surface area contributed by atoms with Crippen LogP contribution in [0.5, 0.6) is 5.75 Å². The van der Waals surface area contributed by atoms with Gasteiger partial charge in [-0.25, -0.2) is 4.79 Å². The van der Waals surface area contributed by atoms with Crippen LogP contribution in [0.2, 0.25) is 0 Å². The van der Waals surface area contributed by atoms with Gasteiger partial charge < -0.3 is 14.6 Å². The molecular formula is C17H17N3O3. The van der Waals surface area contributed by atoms with Crippen LogP contribution in [-0.4, -0.2) is 35.1 Å². The molecule has 0 aliphatic carbocycles. The Morgan fingerprint density at radius 3 is 2.52 bits per heavy atom. The molecule has 3 rings (SSSR count). The first-order chi connectivity index (χ1) is 11.1. The third-order valence-electron chi connectivity index (χ3n) is 3.70. The highest BCUT2D eigenvalue weighted by atomic mass is 16.5. The fraction of sp³-hybridized carbons (Fsp3) is 0.176. The minimum absolute atomic E-state index is 0.283. The highest BCUT2D eigenvalue weighted by Gasteiger charge is 2.32. The fourth-order valence-electron chi connectivity index (χ4n) is 2.50. The first kappa shape index (κ1) is 14.9. The van der Waals surface area contributed by atoms with Crippen LogP contribution in [0.1, 0.15) is 12.6 Å². The summed E-state index contributed by atoms with van der Waals surface area (Å²) in [5, 5.41) is 2.61. The van der Waals surface area contributed by atoms with Crippen LogP contribution in [-0.2, 0) is 4.79 Å². The molecular weight excluding hydrogens is 294 g/mol. The molecule has 1 aromatic carbocycles. The van der Waals surface area contributed by atoms with Gasteiger partial charge in [0, 0.05) is 24.1 Å². The SMILES string of the molecule is CCN1C(=O)N/C(=C/c2cccn2-c2ccc(OC)cc2)C1=O. The van der Waals surface area contributed by atoms with Gasteiger partial charge >= 0.3 is 6.03 Å². The van der Waals surface area contributed by atoms with Gasteiger partial charge in [0.25, 0.3) is 5.91 Å². The number of carbonyl (C=O) groups is 2. The zero-order chi connectivity index (χ0) is 16.4. The fourth-order valence-corrected chi connectivity index (χ4v) is 2.50. The molecule has 2 aromatic rings. The molecule has 1 N–H and O–H groups in total. The van der Waals surface area contributed by atoms with Gasteiger partial charge in [0.2, 0.25) is 0 Å². The number of ether oxygens (including phenoxy) is 1. The third kappa shape index (κ3) is 2.70. The summed E-state index contributed by atoms with van der Waals surface area (Å²) in [6, 6.07) is 11.0. The number of rotatable bonds is 4. The Bertz CT molecular complexity index is 775. The quantitative estimate of drug-likeness (QED) is 0.696. The van der Waals surface area contributed by atoms with Gasteiger partial charge in [-0.05, 0) is 49.4 Å². The largest absolute Gasteiger partial charge is 0.497 e. The molecule has 1 aliphatic heterocycles. The summed E-state index contributed by atoms with van der Waals surface area (Å²) in [7, 11) is 1.62. The van der Waals surface area contributed by atoms with Crippen molar-refractivity contribution in [2.75, 3.05) is 13.7 Å². The smallest absolute Gasteiger partial charge is 0.328 e. The second-order valence-corrected chi connectivity index (χ2v) is 5.04. The molecule has 2 heterocycles. The van der Waals surface area contributed by atoms with E-state index < -0.39 is 0 Å². The molecule has 6 nitrogen and oxygen atoms in total. The van der Waals surface area contributed by atoms with Crippen molar-refractivity contribution in [1.82, 2.24) is 14.8 Å². The number of hydrogen-bond acceptors (Lipinski definition) is 3. The molecule has 0 atom stereocenters. The van der Waals surface area contributed by atoms with Crippen molar-refractivity contribution >= 4 is 18.0 Å². The van der Waals surface area contributed by atoms with Crippen molar-refractivity contribution < 1.29 is 14.3 Å². The Labute approximate surface area is 134 Å². The van der Waals surface area contributed by atoms with Crippen molar-refractivity contribution in [3.8, 4) is 11.4 Å². The average Bonchev–Trinajstić information content (AvgIpc) is 3.13. The first-order valence-corrected chi connectivity index (χ1v) is 7.30. The van der Waals surface area contributed by atoms with E-state index in [0.29, 0.717) is 6.54 Å². The summed E-state index contributed by atoms with van der Waals surface area (Å²) in [5.41, 5.74) is 2.02. The van der Waals surface area contributed by atoms with E-state index in [2.05, 4.69) is 5.32 Å². The van der Waals surface area contributed by atoms with E-state index in [-0.39, 0.29) is 17.6 Å². The molecule has 0 radical (unpaired) electrons. The van der Waals surface area contributed by atoms with Gasteiger partial charge in [-0.3, -0.25) is 9.69 Å². The van der Waals surface area contributed by atoms with E-state index in [1.165, 1.54) is 4.90 Å². The van der Waals surface area contributed by atoms with Gasteiger partial charge in [0.05, 0.1) is 7.11 Å². The molecule has 118 valence electrons. The molecule has 0 unspecified atom stereocenters. The number of carbonyl (C=O) groups excluding carboxylic acids is 2. The van der Waals surface area contributed by atoms with Gasteiger partial charge in [0.1, 0.15) is 11.4 Å². The maximum Gasteiger partial charge on any atom is 0.328 e. The molecule has 0 bridgehead atoms. The lowest BCUT2D eigenvalue weighted by Gasteiger charge is -2.08. The zero-order valence-corrected chi connectivity index (χ0v) is 12.9. The van der Waals surface area contributed by atoms with Crippen LogP contribution in [0.3, 0.4) is 0 Å². The molecule has 3 amide bonds. The van der Waals surface area contributed by atoms with E-state index in [9.17, 15) is 9.59 Å². The molecule has 1 aromatic heterocycles. The van der Waals surface area contributed by atoms with Crippen molar-refractivity contribution in [1.29, 1.82) is 0 Å². The Hall–Kier alpha value is -3.02. The van der Waals surface area contributed by atoms with E-state index in [4.69, 9.17) is 4.74 Å². The van der Waals surface area contributed by atoms with Crippen LogP contribution in [0.4, 0.5) is 4.79 Å². The summed E-state index contributed by atoms with van der Waals surface area (Å²) < 4.78 is 7.09. The maximum atomic E-state index is 12.2. The molecule has 1 fully saturated rings. The monoisotopic (exact) mass is 311 g/mol. The van der Waals surface area contributed by atoms with Gasteiger partial charge in [-0.2, -0.15) is 0 Å². The van der Waals surface area contributed by atoms with Crippen molar-refractivity contribution in [2.45, 2.75) is 6.92 Å². The number of amides is 3. The zero-order valence-electron chi connectivity index (χ0n) is 12.9. The lowest BCUT2D eigenvalue weighted by Crippen LogP contribution is -2.30. The molecule has 6 heteroatoms. The van der Waals surface area contributed by atoms with E-state index in [1.807, 2.05) is 47.2 Å². The van der Waals surface area contributed by atoms with Gasteiger partial charge in [-0.1, -0.05) is 0 Å². The molecule has 23 heavy (non-hydrogen) atoms. The van der Waals surface area contributed by atoms with Gasteiger partial charge in [0.15, 0.2) is 0 Å². The van der Waals surface area contributed by atoms with Crippen molar-refractivity contribution in [3.05, 3.63) is 54.0 Å². The number of nitrogens with one attached hydrogen (secondary N) is 1. The van der Waals surface area contributed by atoms with Gasteiger partial charge in [-0.15, -0.1) is 0 Å². The van der Waals surface area contributed by atoms with Crippen LogP contribution in [0, 0.1) is 0 Å². The van der Waals surface area contributed by atoms with Crippen LogP contribution >= 0.6 is 0 Å². The topological polar surface area (TPSA) is 63.6 Å². The Morgan fingerprint density at radius 2 is 1.91 bits per heavy atom. The summed E-state index contributed by atoms with van der Waals surface area (Å²) >= 11 is 0. The molecule has 1 saturated heterocycles. The number of nitrogens with zero attached hydrogens (tertiary/aromatic N) is 2. The lowest BCUT2D eigenvalue weighted by molar-refractivity contribution is -0.122. The minimum Gasteiger partial charge on any atom is -0.497 e. The Kier molecular flexibility index (Phi) is 3.89. The average molecular weight is 311 g/mol. The second-order valence-electron chi connectivity index (χ2n) is 5.04. The highest BCUT2D eigenvalue weighted by Crippen LogP contribution is 2.20. The number of likely N-dealkylation sites (N-methyl/N-ethyl adjacent to an activating group) is 1. The van der Waals surface area contributed by atoms with Crippen LogP contribution < -0.4 is 10.1 Å². The predicted molar refractivity (Wildman–Crippen MR) is 86.2 cm³/mol. The summed E-state index contributed by atoms with van der Waals surface area (Å²) in [4.78, 5) is 25.0. The van der Waals surface area contributed by atoms with Crippen molar-refractivity contribution in [3.63, 3.8) is 0 Å². The molecule has 0 spiro atoms. The van der Waals surface area contributed by atoms with E-state index in [1.54, 1.807) is 20.1 Å². The van der Waals surface area contributed by atoms with E-state index in [0.717, 1.165) is 17.1 Å². The standard InChI is InChI=1S/C17H17N3O3/c1-3-19-16(21)15(18-17(19)22)11-13-5-4-10-20(13)12-6-8-14(23-2)9-7-12/h4-11H,3H2,1-2H3,(H,18,22)/b15-11+. The number of urea groups is 1. The minimum atomic E-state index is -0.383. The number of methoxy groups -OCH3 is 1. The summed E-state index contributed by atoms with van der Waals surface area (Å²) in [6.07, 6.45) is 3.58. The Morgan fingerprint density at radius 1 is 1.17 bits per heavy atom. The predicted octanol–water partition coefficient (Wildman–Crippen LogP) is 2.40. The summed E-state index contributed by atoms with van der Waals surface area (Å²) in [6.45, 7) is 2.11. The lowest BCUT2D eigenvalue weighted by atomic mass is 10.2. The number of benzene rings is 1. The number of imide groups is 1. The summed E-state index contributed by atoms with van der Waals surface area (Å²) in [5.74, 6) is 0.470. The van der Waals surface area contributed by atoms with Crippen LogP contribution in [0.15, 0.2) is 48.3 Å². The second kappa shape index (κ2) is 6.00. The highest BCUT2D eigenvalue weighted by molar-refractivity contribution is 6.13. The van der Waals surface area contributed by atoms with Crippen molar-refractivity contribution in [2.24, 2.45) is 0 Å².